The Bertz CT molecular complexity index is 6210. The van der Waals surface area contributed by atoms with E-state index in [0.29, 0.717) is 0 Å². The van der Waals surface area contributed by atoms with Gasteiger partial charge >= 0.3 is 6.99 Å². The number of rotatable bonds is 7. The molecule has 0 fully saturated rings. The second-order valence-corrected chi connectivity index (χ2v) is 72.4. The number of hydrogen-bond donors (Lipinski definition) is 0. The summed E-state index contributed by atoms with van der Waals surface area (Å²) in [6.07, 6.45) is 0. The van der Waals surface area contributed by atoms with Gasteiger partial charge in [-0.3, -0.25) is 4.57 Å². The highest BCUT2D eigenvalue weighted by Crippen LogP contribution is 2.60. The molecule has 0 radical (unpaired) electrons. The molecule has 0 N–H and O–H groups in total. The number of benzene rings is 8. The molecule has 6 aromatic heterocycles. The molecule has 0 amide bonds. The van der Waals surface area contributed by atoms with E-state index in [1.165, 1.54) is 173 Å². The van der Waals surface area contributed by atoms with Crippen molar-refractivity contribution in [2.24, 2.45) is 0 Å². The van der Waals surface area contributed by atoms with Crippen LogP contribution in [0.15, 0.2) is 173 Å². The van der Waals surface area contributed by atoms with Crippen LogP contribution in [0.4, 0.5) is 4.32 Å². The molecule has 0 bridgehead atoms. The molecule has 0 saturated heterocycles. The van der Waals surface area contributed by atoms with Crippen molar-refractivity contribution in [1.29, 1.82) is 0 Å². The van der Waals surface area contributed by atoms with Crippen LogP contribution in [0, 0.1) is 83.1 Å². The molecule has 14 rings (SSSR count). The van der Waals surface area contributed by atoms with Gasteiger partial charge in [0.15, 0.2) is 0 Å². The standard InChI is InChI=1S/C36H32BNS2.C18H22BF.C18H10BrNS2.H6P4.S12.S10/c1-21-17-23(3)32(24(4)18-21)37(33-25(5)19-22(2)20-26(33)6)34-35-31(15-16-39-35)40-36(34)38-29-13-9-7-11-27(29)28-12-8-10-14-30(28)38;1-11-7-13(3)17(14(4)8-11)19(20)18-15(5)9-12(2)10-16(18)6;19-16-17-15(9-10-21-17)22-18(16)20-13-7-3-1-5-11(13)12-6-2-4-8-14(12)20;1-4(2)3;1-3-5-7-9-11-12-10-8-6-4-2;1-3-5-7-9-10-8-6-4-2/h7-20H,1-6H3;7-10H,1-6H3;1-10H;1-3H2;;. The molecular formula is C72H70B2BrFN2P4S26. The number of halogens is 2. The predicted octanol–water partition coefficient (Wildman–Crippen LogP) is 20.6. The Labute approximate surface area is 738 Å². The Morgan fingerprint density at radius 1 is 0.352 bits per heavy atom. The largest absolute Gasteiger partial charge is 0.414 e. The van der Waals surface area contributed by atoms with Crippen molar-refractivity contribution in [3.05, 3.63) is 240 Å². The highest BCUT2D eigenvalue weighted by molar-refractivity contribution is 9.11. The third kappa shape index (κ3) is 24.0. The number of para-hydroxylation sites is 4. The van der Waals surface area contributed by atoms with Gasteiger partial charge in [-0.2, -0.15) is 0 Å². The van der Waals surface area contributed by atoms with Gasteiger partial charge in [-0.15, -0.1) is 72.1 Å². The van der Waals surface area contributed by atoms with E-state index >= 15 is 4.32 Å². The molecule has 0 saturated carbocycles. The summed E-state index contributed by atoms with van der Waals surface area (Å²) in [5, 5.41) is 12.2. The van der Waals surface area contributed by atoms with E-state index in [9.17, 15) is 0 Å². The van der Waals surface area contributed by atoms with Crippen molar-refractivity contribution in [2.45, 2.75) is 83.1 Å². The van der Waals surface area contributed by atoms with E-state index in [1.54, 1.807) is 136 Å². The SMILES string of the molecule is Brc1c(-n2c3ccccc3c3ccccc32)sc2ccsc12.Cc1cc(C)c(B(F)c2c(C)cc(C)cc2C)c(C)c1.Cc1cc(C)c(B(c2c(C)cc(C)cc2C)c2c(-n3c4ccccc4c4ccccc43)sc3ccsc23)c(C)c1.PP(P)P.S=S=S=S=S=S=S=S=S=S.S=S=S=S=S=S=S=S=S=S=S=S. The van der Waals surface area contributed by atoms with Gasteiger partial charge in [0.05, 0.1) is 36.2 Å². The minimum atomic E-state index is -1.05. The Kier molecular flexibility index (Phi) is 39.2. The topological polar surface area (TPSA) is 9.86 Å². The lowest BCUT2D eigenvalue weighted by Gasteiger charge is -2.25. The molecule has 36 heteroatoms. The van der Waals surface area contributed by atoms with E-state index in [0.717, 1.165) is 33.2 Å². The molecule has 0 aliphatic carbocycles. The normalized spacial score (nSPS) is 10.5. The third-order valence-electron chi connectivity index (χ3n) is 16.9. The number of nitrogens with zero attached hydrogens (tertiary/aromatic N) is 2. The molecule has 6 heterocycles. The Hall–Kier alpha value is -0.220. The van der Waals surface area contributed by atoms with Crippen molar-refractivity contribution < 1.29 is 4.32 Å². The van der Waals surface area contributed by atoms with Gasteiger partial charge in [-0.05, 0) is 170 Å². The van der Waals surface area contributed by atoms with Crippen molar-refractivity contribution in [3.63, 3.8) is 0 Å². The maximum Gasteiger partial charge on any atom is 0.414 e. The zero-order chi connectivity index (χ0) is 77.7. The molecule has 14 aromatic rings. The molecule has 0 aliphatic heterocycles. The van der Waals surface area contributed by atoms with E-state index in [1.807, 2.05) is 61.7 Å². The van der Waals surface area contributed by atoms with Crippen LogP contribution in [-0.4, -0.2) is 22.8 Å². The van der Waals surface area contributed by atoms with Gasteiger partial charge in [-0.25, -0.2) is 0 Å². The first-order valence-corrected chi connectivity index (χ1v) is 69.2. The van der Waals surface area contributed by atoms with Crippen LogP contribution in [0.1, 0.15) is 66.8 Å². The van der Waals surface area contributed by atoms with Gasteiger partial charge in [0.1, 0.15) is 5.00 Å². The fraction of sp³-hybridized carbons (Fsp3) is 0.167. The third-order valence-corrected chi connectivity index (χ3v) is 58.2. The average molecular weight is 2040 g/mol. The fourth-order valence-corrected chi connectivity index (χ4v) is 57.8. The van der Waals surface area contributed by atoms with Gasteiger partial charge in [0, 0.05) is 240 Å². The first-order chi connectivity index (χ1) is 52.0. The number of thiophene rings is 4. The molecule has 8 aromatic carbocycles. The lowest BCUT2D eigenvalue weighted by atomic mass is 9.34. The summed E-state index contributed by atoms with van der Waals surface area (Å²) in [4.78, 5) is 0. The zero-order valence-electron chi connectivity index (χ0n) is 59.8. The van der Waals surface area contributed by atoms with E-state index in [2.05, 4.69) is 320 Å². The van der Waals surface area contributed by atoms with Crippen molar-refractivity contribution >= 4 is 403 Å². The van der Waals surface area contributed by atoms with Crippen LogP contribution < -0.4 is 27.3 Å². The summed E-state index contributed by atoms with van der Waals surface area (Å²) in [7, 11) is 36.9. The van der Waals surface area contributed by atoms with E-state index in [4.69, 9.17) is 0 Å². The van der Waals surface area contributed by atoms with Gasteiger partial charge in [0.2, 0.25) is 6.71 Å². The van der Waals surface area contributed by atoms with Crippen molar-refractivity contribution in [1.82, 2.24) is 9.13 Å². The molecule has 108 heavy (non-hydrogen) atoms. The quantitative estimate of drug-likeness (QED) is 0.116. The minimum absolute atomic E-state index is 0.128. The zero-order valence-corrected chi connectivity index (χ0v) is 86.9. The Balaban J connectivity index is 0.000000169. The maximum absolute atomic E-state index is 15.2. The first-order valence-electron chi connectivity index (χ1n) is 32.2. The van der Waals surface area contributed by atoms with Gasteiger partial charge < -0.3 is 8.88 Å². The monoisotopic (exact) mass is 2040 g/mol. The molecule has 3 unspecified atom stereocenters. The second kappa shape index (κ2) is 46.2. The van der Waals surface area contributed by atoms with Crippen LogP contribution in [-0.2, 0) is 205 Å². The lowest BCUT2D eigenvalue weighted by molar-refractivity contribution is 0.862. The highest BCUT2D eigenvalue weighted by Gasteiger charge is 2.35. The number of aryl methyl sites for hydroxylation is 12. The first kappa shape index (κ1) is 91.7. The fourth-order valence-electron chi connectivity index (χ4n) is 13.7. The molecule has 3 atom stereocenters. The van der Waals surface area contributed by atoms with Gasteiger partial charge in [-0.1, -0.05) is 199 Å². The predicted molar refractivity (Wildman–Crippen MR) is 567 cm³/mol. The van der Waals surface area contributed by atoms with Crippen LogP contribution >= 0.6 is 95.0 Å². The van der Waals surface area contributed by atoms with Crippen LogP contribution in [0.25, 0.3) is 72.4 Å². The highest BCUT2D eigenvalue weighted by atomic mass is 79.9. The van der Waals surface area contributed by atoms with E-state index in [-0.39, 0.29) is 13.7 Å². The van der Waals surface area contributed by atoms with E-state index < -0.39 is 6.99 Å². The molecule has 564 valence electrons. The molecule has 0 spiro atoms. The summed E-state index contributed by atoms with van der Waals surface area (Å²) in [6.45, 7) is 25.0. The summed E-state index contributed by atoms with van der Waals surface area (Å²) < 4.78 is 26.8. The van der Waals surface area contributed by atoms with Gasteiger partial charge in [0.25, 0.3) is 0 Å². The minimum Gasteiger partial charge on any atom is -0.322 e. The Morgan fingerprint density at radius 3 is 0.898 bits per heavy atom. The summed E-state index contributed by atoms with van der Waals surface area (Å²) >= 11 is 30.0. The van der Waals surface area contributed by atoms with Crippen LogP contribution in [0.5, 0.6) is 0 Å². The molecule has 0 aliphatic rings. The summed E-state index contributed by atoms with van der Waals surface area (Å²) in [6, 6.07) is 57.3. The van der Waals surface area contributed by atoms with Crippen LogP contribution in [0.2, 0.25) is 0 Å². The smallest absolute Gasteiger partial charge is 0.322 e. The number of hydrogen-bond acceptors (Lipinski definition) is 8. The number of fused-ring (bicyclic) bond motifs is 8. The second-order valence-electron chi connectivity index (χ2n) is 24.2. The number of aromatic nitrogens is 2. The van der Waals surface area contributed by atoms with Crippen molar-refractivity contribution in [3.8, 4) is 10.0 Å². The van der Waals surface area contributed by atoms with Crippen molar-refractivity contribution in [2.75, 3.05) is 0 Å². The maximum atomic E-state index is 15.2. The summed E-state index contributed by atoms with van der Waals surface area (Å²) in [5.41, 5.74) is 25.7. The molecule has 2 nitrogen and oxygen atoms in total. The summed E-state index contributed by atoms with van der Waals surface area (Å²) in [5.74, 6) is 0. The average Bonchev–Trinajstić information content (AvgIpc) is 1.57. The van der Waals surface area contributed by atoms with Crippen LogP contribution in [0.3, 0.4) is 0 Å². The lowest BCUT2D eigenvalue weighted by Crippen LogP contribution is -2.56. The Morgan fingerprint density at radius 2 is 0.602 bits per heavy atom. The molecular weight excluding hydrogens is 1970 g/mol.